The molecule has 2 aliphatic rings. The fraction of sp³-hybridized carbons (Fsp3) is 0.667. The Bertz CT molecular complexity index is 613. The summed E-state index contributed by atoms with van der Waals surface area (Å²) in [5, 5.41) is 6.45. The lowest BCUT2D eigenvalue weighted by molar-refractivity contribution is -0.00195. The Morgan fingerprint density at radius 2 is 2.20 bits per heavy atom. The molecule has 20 heavy (non-hydrogen) atoms. The van der Waals surface area contributed by atoms with Crippen LogP contribution in [0.5, 0.6) is 0 Å². The van der Waals surface area contributed by atoms with Crippen molar-refractivity contribution in [2.45, 2.75) is 24.8 Å². The fourth-order valence-corrected chi connectivity index (χ4v) is 4.64. The van der Waals surface area contributed by atoms with Crippen molar-refractivity contribution in [2.24, 2.45) is 0 Å². The second kappa shape index (κ2) is 4.56. The number of sulfonamides is 1. The van der Waals surface area contributed by atoms with E-state index in [2.05, 4.69) is 10.2 Å². The number of nitrogens with one attached hydrogen (secondary N) is 1. The van der Waals surface area contributed by atoms with Crippen LogP contribution in [0.3, 0.4) is 0 Å². The lowest BCUT2D eigenvalue weighted by Crippen LogP contribution is -2.68. The van der Waals surface area contributed by atoms with E-state index >= 15 is 0 Å². The summed E-state index contributed by atoms with van der Waals surface area (Å²) in [5.74, 6) is -0.109. The number of carbonyl (C=O) groups is 1. The molecule has 1 aromatic rings. The summed E-state index contributed by atoms with van der Waals surface area (Å²) in [6.07, 6.45) is 5.26. The molecule has 0 bridgehead atoms. The third-order valence-electron chi connectivity index (χ3n) is 4.28. The molecule has 2 aliphatic heterocycles. The van der Waals surface area contributed by atoms with E-state index in [1.54, 1.807) is 21.5 Å². The summed E-state index contributed by atoms with van der Waals surface area (Å²) in [5.41, 5.74) is 0.0638. The number of H-pyrrole nitrogens is 1. The first kappa shape index (κ1) is 13.6. The molecule has 0 radical (unpaired) electrons. The Morgan fingerprint density at radius 3 is 2.75 bits per heavy atom. The average Bonchev–Trinajstić information content (AvgIpc) is 2.88. The predicted molar refractivity (Wildman–Crippen MR) is 72.6 cm³/mol. The molecular weight excluding hydrogens is 280 g/mol. The fourth-order valence-electron chi connectivity index (χ4n) is 3.28. The number of carbonyl (C=O) groups excluding carboxylic acids is 1. The van der Waals surface area contributed by atoms with Crippen molar-refractivity contribution in [1.82, 2.24) is 19.4 Å². The average molecular weight is 298 g/mol. The van der Waals surface area contributed by atoms with Gasteiger partial charge in [-0.05, 0) is 25.3 Å². The molecule has 2 fully saturated rings. The molecule has 110 valence electrons. The van der Waals surface area contributed by atoms with E-state index < -0.39 is 10.0 Å². The Balaban J connectivity index is 1.79. The summed E-state index contributed by atoms with van der Waals surface area (Å²) in [6, 6.07) is 1.64. The second-order valence-electron chi connectivity index (χ2n) is 5.61. The minimum absolute atomic E-state index is 0.109. The first-order valence-electron chi connectivity index (χ1n) is 6.69. The number of hydrogen-bond donors (Lipinski definition) is 1. The van der Waals surface area contributed by atoms with Crippen molar-refractivity contribution in [3.63, 3.8) is 0 Å². The van der Waals surface area contributed by atoms with Gasteiger partial charge in [0.25, 0.3) is 5.91 Å². The van der Waals surface area contributed by atoms with E-state index in [0.29, 0.717) is 25.3 Å². The Hall–Kier alpha value is -1.41. The molecule has 7 nitrogen and oxygen atoms in total. The summed E-state index contributed by atoms with van der Waals surface area (Å²) in [7, 11) is -3.20. The summed E-state index contributed by atoms with van der Waals surface area (Å²) in [6.45, 7) is 1.69. The number of piperidine rings is 1. The normalized spacial score (nSPS) is 27.6. The van der Waals surface area contributed by atoms with E-state index in [4.69, 9.17) is 0 Å². The zero-order valence-electron chi connectivity index (χ0n) is 11.4. The van der Waals surface area contributed by atoms with Gasteiger partial charge in [-0.25, -0.2) is 8.42 Å². The summed E-state index contributed by atoms with van der Waals surface area (Å²) >= 11 is 0. The van der Waals surface area contributed by atoms with Crippen LogP contribution in [-0.2, 0) is 10.0 Å². The van der Waals surface area contributed by atoms with Gasteiger partial charge in [0.1, 0.15) is 5.69 Å². The van der Waals surface area contributed by atoms with E-state index in [1.165, 1.54) is 6.26 Å². The Morgan fingerprint density at radius 1 is 1.40 bits per heavy atom. The van der Waals surface area contributed by atoms with Crippen LogP contribution in [0.25, 0.3) is 0 Å². The molecule has 0 saturated carbocycles. The van der Waals surface area contributed by atoms with Crippen molar-refractivity contribution >= 4 is 15.9 Å². The molecule has 1 amide bonds. The SMILES string of the molecule is CS(=O)(=O)N1CCC12CCCN(C(=O)c1ccn[nH]1)C2. The van der Waals surface area contributed by atoms with Gasteiger partial charge in [-0.2, -0.15) is 9.40 Å². The number of nitrogens with zero attached hydrogens (tertiary/aromatic N) is 3. The van der Waals surface area contributed by atoms with Crippen molar-refractivity contribution < 1.29 is 13.2 Å². The number of rotatable bonds is 2. The van der Waals surface area contributed by atoms with Gasteiger partial charge in [0.15, 0.2) is 0 Å². The van der Waals surface area contributed by atoms with E-state index in [0.717, 1.165) is 19.3 Å². The molecular formula is C12H18N4O3S. The van der Waals surface area contributed by atoms with E-state index in [-0.39, 0.29) is 11.4 Å². The summed E-state index contributed by atoms with van der Waals surface area (Å²) in [4.78, 5) is 14.1. The van der Waals surface area contributed by atoms with Gasteiger partial charge < -0.3 is 4.90 Å². The zero-order valence-corrected chi connectivity index (χ0v) is 12.2. The highest BCUT2D eigenvalue weighted by Gasteiger charge is 2.52. The molecule has 2 saturated heterocycles. The molecule has 1 N–H and O–H groups in total. The van der Waals surface area contributed by atoms with Gasteiger partial charge in [-0.1, -0.05) is 0 Å². The first-order chi connectivity index (χ1) is 9.42. The molecule has 0 aliphatic carbocycles. The second-order valence-corrected chi connectivity index (χ2v) is 7.52. The number of hydrogen-bond acceptors (Lipinski definition) is 4. The van der Waals surface area contributed by atoms with Gasteiger partial charge in [0.05, 0.1) is 11.8 Å². The van der Waals surface area contributed by atoms with Gasteiger partial charge >= 0.3 is 0 Å². The highest BCUT2D eigenvalue weighted by molar-refractivity contribution is 7.88. The molecule has 1 spiro atoms. The molecule has 1 atom stereocenters. The predicted octanol–water partition coefficient (Wildman–Crippen LogP) is 0.0498. The Labute approximate surface area is 118 Å². The number of aromatic nitrogens is 2. The van der Waals surface area contributed by atoms with Crippen LogP contribution in [0.1, 0.15) is 29.8 Å². The smallest absolute Gasteiger partial charge is 0.271 e. The largest absolute Gasteiger partial charge is 0.335 e. The maximum absolute atomic E-state index is 12.3. The van der Waals surface area contributed by atoms with E-state index in [9.17, 15) is 13.2 Å². The van der Waals surface area contributed by atoms with Crippen LogP contribution in [-0.4, -0.2) is 65.2 Å². The first-order valence-corrected chi connectivity index (χ1v) is 8.54. The third-order valence-corrected chi connectivity index (χ3v) is 5.65. The van der Waals surface area contributed by atoms with Crippen LogP contribution in [0, 0.1) is 0 Å². The molecule has 3 heterocycles. The minimum atomic E-state index is -3.20. The maximum Gasteiger partial charge on any atom is 0.271 e. The van der Waals surface area contributed by atoms with E-state index in [1.807, 2.05) is 0 Å². The maximum atomic E-state index is 12.3. The molecule has 1 unspecified atom stereocenters. The molecule has 1 aromatic heterocycles. The standard InChI is InChI=1S/C12H18N4O3S/c1-20(18,19)16-8-5-12(16)4-2-7-15(9-12)11(17)10-3-6-13-14-10/h3,6H,2,4-5,7-9H2,1H3,(H,13,14). The van der Waals surface area contributed by atoms with Crippen LogP contribution in [0.15, 0.2) is 12.3 Å². The summed E-state index contributed by atoms with van der Waals surface area (Å²) < 4.78 is 25.1. The van der Waals surface area contributed by atoms with Gasteiger partial charge in [-0.3, -0.25) is 9.89 Å². The van der Waals surface area contributed by atoms with Crippen molar-refractivity contribution in [3.05, 3.63) is 18.0 Å². The number of aromatic amines is 1. The monoisotopic (exact) mass is 298 g/mol. The topological polar surface area (TPSA) is 86.4 Å². The molecule has 0 aromatic carbocycles. The van der Waals surface area contributed by atoms with Crippen molar-refractivity contribution in [2.75, 3.05) is 25.9 Å². The molecule has 3 rings (SSSR count). The van der Waals surface area contributed by atoms with Crippen molar-refractivity contribution in [3.8, 4) is 0 Å². The quantitative estimate of drug-likeness (QED) is 0.836. The van der Waals surface area contributed by atoms with Crippen molar-refractivity contribution in [1.29, 1.82) is 0 Å². The number of amides is 1. The third kappa shape index (κ3) is 2.12. The van der Waals surface area contributed by atoms with Crippen LogP contribution >= 0.6 is 0 Å². The zero-order chi connectivity index (χ0) is 14.4. The molecule has 8 heteroatoms. The van der Waals surface area contributed by atoms with Gasteiger partial charge in [0.2, 0.25) is 10.0 Å². The van der Waals surface area contributed by atoms with Crippen LogP contribution in [0.4, 0.5) is 0 Å². The lowest BCUT2D eigenvalue weighted by Gasteiger charge is -2.55. The highest BCUT2D eigenvalue weighted by Crippen LogP contribution is 2.40. The lowest BCUT2D eigenvalue weighted by atomic mass is 9.80. The van der Waals surface area contributed by atoms with Gasteiger partial charge in [0, 0.05) is 25.8 Å². The highest BCUT2D eigenvalue weighted by atomic mass is 32.2. The van der Waals surface area contributed by atoms with Crippen LogP contribution in [0.2, 0.25) is 0 Å². The minimum Gasteiger partial charge on any atom is -0.335 e. The number of likely N-dealkylation sites (tertiary alicyclic amines) is 1. The Kier molecular flexibility index (Phi) is 3.09. The van der Waals surface area contributed by atoms with Gasteiger partial charge in [-0.15, -0.1) is 0 Å². The van der Waals surface area contributed by atoms with Crippen LogP contribution < -0.4 is 0 Å².